The maximum Gasteiger partial charge on any atom is 0.303 e. The van der Waals surface area contributed by atoms with Crippen LogP contribution in [0.5, 0.6) is 0 Å². The fourth-order valence-corrected chi connectivity index (χ4v) is 2.77. The third kappa shape index (κ3) is 4.56. The average Bonchev–Trinajstić information content (AvgIpc) is 2.92. The summed E-state index contributed by atoms with van der Waals surface area (Å²) in [5.74, 6) is -0.797. The number of carboxylic acids is 1. The molecule has 2 atom stereocenters. The summed E-state index contributed by atoms with van der Waals surface area (Å²) in [6.45, 7) is 1.14. The van der Waals surface area contributed by atoms with Crippen molar-refractivity contribution >= 4 is 11.9 Å². The summed E-state index contributed by atoms with van der Waals surface area (Å²) in [5.41, 5.74) is 7.16. The maximum atomic E-state index is 12.3. The van der Waals surface area contributed by atoms with Crippen LogP contribution in [0.2, 0.25) is 0 Å². The van der Waals surface area contributed by atoms with Crippen LogP contribution >= 0.6 is 0 Å². The Morgan fingerprint density at radius 1 is 1.33 bits per heavy atom. The van der Waals surface area contributed by atoms with Gasteiger partial charge in [0, 0.05) is 19.5 Å². The summed E-state index contributed by atoms with van der Waals surface area (Å²) < 4.78 is 0. The minimum absolute atomic E-state index is 0.0566. The second-order valence-corrected chi connectivity index (χ2v) is 5.67. The van der Waals surface area contributed by atoms with Crippen LogP contribution in [0.25, 0.3) is 0 Å². The number of carbonyl (C=O) groups excluding carboxylic acids is 1. The first-order chi connectivity index (χ1) is 10.1. The van der Waals surface area contributed by atoms with E-state index in [1.807, 2.05) is 30.3 Å². The van der Waals surface area contributed by atoms with E-state index in [9.17, 15) is 9.59 Å². The molecule has 1 aliphatic heterocycles. The molecule has 114 valence electrons. The molecule has 0 aliphatic carbocycles. The van der Waals surface area contributed by atoms with Gasteiger partial charge in [0.25, 0.3) is 0 Å². The number of likely N-dealkylation sites (tertiary alicyclic amines) is 1. The maximum absolute atomic E-state index is 12.3. The molecule has 0 bridgehead atoms. The molecule has 5 heteroatoms. The third-order valence-corrected chi connectivity index (χ3v) is 3.96. The number of amides is 1. The van der Waals surface area contributed by atoms with Gasteiger partial charge in [0.2, 0.25) is 5.91 Å². The Hall–Kier alpha value is -1.88. The molecule has 0 saturated carbocycles. The smallest absolute Gasteiger partial charge is 0.303 e. The van der Waals surface area contributed by atoms with Crippen molar-refractivity contribution in [1.29, 1.82) is 0 Å². The van der Waals surface area contributed by atoms with Crippen LogP contribution in [0, 0.1) is 5.92 Å². The number of aryl methyl sites for hydroxylation is 1. The predicted molar refractivity (Wildman–Crippen MR) is 79.7 cm³/mol. The normalized spacial score (nSPS) is 19.5. The van der Waals surface area contributed by atoms with E-state index in [0.717, 1.165) is 12.8 Å². The van der Waals surface area contributed by atoms with Gasteiger partial charge in [-0.25, -0.2) is 0 Å². The first-order valence-electron chi connectivity index (χ1n) is 7.36. The van der Waals surface area contributed by atoms with Gasteiger partial charge in [-0.2, -0.15) is 0 Å². The molecule has 0 radical (unpaired) electrons. The van der Waals surface area contributed by atoms with Crippen molar-refractivity contribution in [3.05, 3.63) is 35.9 Å². The van der Waals surface area contributed by atoms with Crippen LogP contribution in [0.1, 0.15) is 24.8 Å². The molecule has 1 aromatic rings. The Labute approximate surface area is 124 Å². The van der Waals surface area contributed by atoms with Crippen LogP contribution in [0.15, 0.2) is 30.3 Å². The van der Waals surface area contributed by atoms with Gasteiger partial charge in [-0.15, -0.1) is 0 Å². The van der Waals surface area contributed by atoms with Crippen LogP contribution in [0.4, 0.5) is 0 Å². The highest BCUT2D eigenvalue weighted by Crippen LogP contribution is 2.20. The second-order valence-electron chi connectivity index (χ2n) is 5.67. The highest BCUT2D eigenvalue weighted by Gasteiger charge is 2.30. The zero-order valence-corrected chi connectivity index (χ0v) is 12.1. The van der Waals surface area contributed by atoms with E-state index in [2.05, 4.69) is 0 Å². The average molecular weight is 290 g/mol. The Morgan fingerprint density at radius 2 is 2.05 bits per heavy atom. The quantitative estimate of drug-likeness (QED) is 0.826. The van der Waals surface area contributed by atoms with Crippen LogP contribution < -0.4 is 5.73 Å². The summed E-state index contributed by atoms with van der Waals surface area (Å²) in [6, 6.07) is 9.45. The molecular formula is C16H22N2O3. The molecule has 3 N–H and O–H groups in total. The van der Waals surface area contributed by atoms with E-state index in [-0.39, 0.29) is 18.2 Å². The van der Waals surface area contributed by atoms with Gasteiger partial charge >= 0.3 is 5.97 Å². The van der Waals surface area contributed by atoms with Gasteiger partial charge in [0.05, 0.1) is 6.04 Å². The van der Waals surface area contributed by atoms with Crippen LogP contribution in [-0.2, 0) is 16.0 Å². The number of nitrogens with zero attached hydrogens (tertiary/aromatic N) is 1. The van der Waals surface area contributed by atoms with Crippen LogP contribution in [0.3, 0.4) is 0 Å². The molecule has 1 fully saturated rings. The lowest BCUT2D eigenvalue weighted by Crippen LogP contribution is -2.43. The lowest BCUT2D eigenvalue weighted by atomic mass is 10.0. The summed E-state index contributed by atoms with van der Waals surface area (Å²) in [5, 5.41) is 8.79. The summed E-state index contributed by atoms with van der Waals surface area (Å²) in [7, 11) is 0. The molecule has 1 saturated heterocycles. The third-order valence-electron chi connectivity index (χ3n) is 3.96. The van der Waals surface area contributed by atoms with Gasteiger partial charge in [0.1, 0.15) is 0 Å². The zero-order chi connectivity index (χ0) is 15.2. The first-order valence-corrected chi connectivity index (χ1v) is 7.36. The minimum atomic E-state index is -0.803. The van der Waals surface area contributed by atoms with Crippen molar-refractivity contribution in [1.82, 2.24) is 4.90 Å². The molecule has 1 aliphatic rings. The number of aliphatic carboxylic acids is 1. The lowest BCUT2D eigenvalue weighted by molar-refractivity contribution is -0.138. The SMILES string of the molecule is N[C@@H](CCc1ccccc1)C(=O)N1CCC(CC(=O)O)C1. The van der Waals surface area contributed by atoms with E-state index < -0.39 is 12.0 Å². The number of rotatable bonds is 6. The monoisotopic (exact) mass is 290 g/mol. The second kappa shape index (κ2) is 7.22. The summed E-state index contributed by atoms with van der Waals surface area (Å²) >= 11 is 0. The number of carboxylic acid groups (broad SMARTS) is 1. The Balaban J connectivity index is 1.79. The molecule has 21 heavy (non-hydrogen) atoms. The summed E-state index contributed by atoms with van der Waals surface area (Å²) in [4.78, 5) is 24.7. The van der Waals surface area contributed by atoms with Gasteiger partial charge in [-0.1, -0.05) is 30.3 Å². The van der Waals surface area contributed by atoms with Crippen molar-refractivity contribution in [2.45, 2.75) is 31.7 Å². The number of carbonyl (C=O) groups is 2. The first kappa shape index (κ1) is 15.5. The topological polar surface area (TPSA) is 83.6 Å². The highest BCUT2D eigenvalue weighted by molar-refractivity contribution is 5.82. The Kier molecular flexibility index (Phi) is 5.33. The van der Waals surface area contributed by atoms with Crippen molar-refractivity contribution in [3.8, 4) is 0 Å². The fourth-order valence-electron chi connectivity index (χ4n) is 2.77. The fraction of sp³-hybridized carbons (Fsp3) is 0.500. The zero-order valence-electron chi connectivity index (χ0n) is 12.1. The van der Waals surface area contributed by atoms with Crippen molar-refractivity contribution in [3.63, 3.8) is 0 Å². The molecule has 1 aromatic carbocycles. The van der Waals surface area contributed by atoms with Gasteiger partial charge < -0.3 is 15.7 Å². The number of hydrogen-bond donors (Lipinski definition) is 2. The highest BCUT2D eigenvalue weighted by atomic mass is 16.4. The Morgan fingerprint density at radius 3 is 2.71 bits per heavy atom. The van der Waals surface area contributed by atoms with Gasteiger partial charge in [-0.05, 0) is 30.7 Å². The van der Waals surface area contributed by atoms with Crippen molar-refractivity contribution in [2.24, 2.45) is 11.7 Å². The lowest BCUT2D eigenvalue weighted by Gasteiger charge is -2.20. The molecule has 2 rings (SSSR count). The van der Waals surface area contributed by atoms with E-state index in [0.29, 0.717) is 19.5 Å². The molecule has 1 heterocycles. The van der Waals surface area contributed by atoms with Crippen molar-refractivity contribution < 1.29 is 14.7 Å². The molecule has 0 aromatic heterocycles. The Bertz CT molecular complexity index is 490. The molecule has 1 unspecified atom stereocenters. The van der Waals surface area contributed by atoms with E-state index in [4.69, 9.17) is 10.8 Å². The molecule has 1 amide bonds. The van der Waals surface area contributed by atoms with Crippen LogP contribution in [-0.4, -0.2) is 41.0 Å². The number of hydrogen-bond acceptors (Lipinski definition) is 3. The summed E-state index contributed by atoms with van der Waals surface area (Å²) in [6.07, 6.45) is 2.27. The largest absolute Gasteiger partial charge is 0.481 e. The van der Waals surface area contributed by atoms with Crippen molar-refractivity contribution in [2.75, 3.05) is 13.1 Å². The molecule has 5 nitrogen and oxygen atoms in total. The van der Waals surface area contributed by atoms with E-state index in [1.165, 1.54) is 5.56 Å². The molecule has 0 spiro atoms. The van der Waals surface area contributed by atoms with Gasteiger partial charge in [-0.3, -0.25) is 9.59 Å². The number of nitrogens with two attached hydrogens (primary N) is 1. The van der Waals surface area contributed by atoms with E-state index in [1.54, 1.807) is 4.90 Å². The minimum Gasteiger partial charge on any atom is -0.481 e. The van der Waals surface area contributed by atoms with Gasteiger partial charge in [0.15, 0.2) is 0 Å². The van der Waals surface area contributed by atoms with E-state index >= 15 is 0 Å². The standard InChI is InChI=1S/C16H22N2O3/c17-14(7-6-12-4-2-1-3-5-12)16(21)18-9-8-13(11-18)10-15(19)20/h1-5,13-14H,6-11,17H2,(H,19,20)/t13?,14-/m0/s1. The number of benzene rings is 1. The molecular weight excluding hydrogens is 268 g/mol. The predicted octanol–water partition coefficient (Wildman–Crippen LogP) is 1.27.